The molecular weight excluding hydrogens is 324 g/mol. The lowest BCUT2D eigenvalue weighted by Crippen LogP contribution is -2.45. The van der Waals surface area contributed by atoms with E-state index in [0.717, 1.165) is 41.2 Å². The predicted octanol–water partition coefficient (Wildman–Crippen LogP) is 2.35. The molecule has 24 heavy (non-hydrogen) atoms. The number of aromatic nitrogens is 1. The van der Waals surface area contributed by atoms with Crippen LogP contribution in [0.2, 0.25) is 0 Å². The maximum absolute atomic E-state index is 12.3. The molecule has 0 spiro atoms. The van der Waals surface area contributed by atoms with Gasteiger partial charge in [-0.2, -0.15) is 0 Å². The molecule has 2 heterocycles. The smallest absolute Gasteiger partial charge is 0.317 e. The van der Waals surface area contributed by atoms with E-state index in [0.29, 0.717) is 19.0 Å². The monoisotopic (exact) mass is 346 g/mol. The van der Waals surface area contributed by atoms with Crippen LogP contribution in [0.3, 0.4) is 0 Å². The van der Waals surface area contributed by atoms with Gasteiger partial charge in [0.15, 0.2) is 0 Å². The van der Waals surface area contributed by atoms with Crippen LogP contribution in [0.4, 0.5) is 4.79 Å². The Morgan fingerprint density at radius 3 is 2.71 bits per heavy atom. The summed E-state index contributed by atoms with van der Waals surface area (Å²) in [6, 6.07) is 7.95. The molecule has 2 N–H and O–H groups in total. The predicted molar refractivity (Wildman–Crippen MR) is 94.8 cm³/mol. The summed E-state index contributed by atoms with van der Waals surface area (Å²) < 4.78 is 1.14. The summed E-state index contributed by atoms with van der Waals surface area (Å²) >= 11 is 1.61. The highest BCUT2D eigenvalue weighted by molar-refractivity contribution is 7.18. The van der Waals surface area contributed by atoms with Crippen molar-refractivity contribution in [1.29, 1.82) is 0 Å². The van der Waals surface area contributed by atoms with Crippen LogP contribution in [0.25, 0.3) is 10.2 Å². The number of nitrogens with one attached hydrogen (secondary N) is 2. The Balaban J connectivity index is 1.45. The van der Waals surface area contributed by atoms with Crippen molar-refractivity contribution in [3.8, 4) is 0 Å². The Morgan fingerprint density at radius 1 is 1.25 bits per heavy atom. The zero-order valence-corrected chi connectivity index (χ0v) is 14.6. The third-order valence-electron chi connectivity index (χ3n) is 4.27. The number of para-hydroxylation sites is 1. The first-order valence-electron chi connectivity index (χ1n) is 8.23. The lowest BCUT2D eigenvalue weighted by molar-refractivity contribution is -0.119. The molecule has 3 amide bonds. The molecule has 7 heteroatoms. The number of nitrogens with zero attached hydrogens (tertiary/aromatic N) is 2. The summed E-state index contributed by atoms with van der Waals surface area (Å²) in [6.07, 6.45) is 1.85. The van der Waals surface area contributed by atoms with E-state index in [2.05, 4.69) is 15.6 Å². The van der Waals surface area contributed by atoms with Gasteiger partial charge in [0.1, 0.15) is 5.01 Å². The van der Waals surface area contributed by atoms with E-state index in [1.54, 1.807) is 11.3 Å². The van der Waals surface area contributed by atoms with E-state index in [9.17, 15) is 9.59 Å². The Bertz CT molecular complexity index is 689. The third kappa shape index (κ3) is 4.23. The molecule has 128 valence electrons. The number of hydrogen-bond acceptors (Lipinski definition) is 4. The second-order valence-corrected chi connectivity index (χ2v) is 7.22. The molecule has 1 aromatic carbocycles. The standard InChI is InChI=1S/C17H22N4O2S/c1-12(22)18-10-13-6-8-21(9-7-13)17(23)19-11-16-20-14-4-2-3-5-15(14)24-16/h2-5,13H,6-11H2,1H3,(H,18,22)(H,19,23). The highest BCUT2D eigenvalue weighted by atomic mass is 32.1. The maximum Gasteiger partial charge on any atom is 0.317 e. The van der Waals surface area contributed by atoms with E-state index < -0.39 is 0 Å². The molecule has 1 aromatic heterocycles. The minimum absolute atomic E-state index is 0.00556. The topological polar surface area (TPSA) is 74.3 Å². The van der Waals surface area contributed by atoms with Gasteiger partial charge in [0.05, 0.1) is 16.8 Å². The summed E-state index contributed by atoms with van der Waals surface area (Å²) in [5, 5.41) is 6.73. The second kappa shape index (κ2) is 7.61. The maximum atomic E-state index is 12.3. The van der Waals surface area contributed by atoms with Gasteiger partial charge in [0.25, 0.3) is 0 Å². The fourth-order valence-corrected chi connectivity index (χ4v) is 3.79. The van der Waals surface area contributed by atoms with Gasteiger partial charge in [-0.25, -0.2) is 9.78 Å². The summed E-state index contributed by atoms with van der Waals surface area (Å²) in [7, 11) is 0. The number of benzene rings is 1. The molecule has 3 rings (SSSR count). The first-order valence-corrected chi connectivity index (χ1v) is 9.05. The number of amides is 3. The molecule has 0 saturated carbocycles. The van der Waals surface area contributed by atoms with Crippen molar-refractivity contribution in [3.63, 3.8) is 0 Å². The Hall–Kier alpha value is -2.15. The van der Waals surface area contributed by atoms with Crippen LogP contribution in [0.15, 0.2) is 24.3 Å². The van der Waals surface area contributed by atoms with E-state index in [-0.39, 0.29) is 11.9 Å². The van der Waals surface area contributed by atoms with Crippen molar-refractivity contribution >= 4 is 33.5 Å². The molecule has 0 bridgehead atoms. The number of rotatable bonds is 4. The summed E-state index contributed by atoms with van der Waals surface area (Å²) in [5.74, 6) is 0.466. The molecule has 1 aliphatic rings. The summed E-state index contributed by atoms with van der Waals surface area (Å²) in [4.78, 5) is 29.6. The quantitative estimate of drug-likeness (QED) is 0.892. The number of hydrogen-bond donors (Lipinski definition) is 2. The zero-order chi connectivity index (χ0) is 16.9. The lowest BCUT2D eigenvalue weighted by Gasteiger charge is -2.31. The van der Waals surface area contributed by atoms with Gasteiger partial charge in [0, 0.05) is 26.6 Å². The first-order chi connectivity index (χ1) is 11.6. The third-order valence-corrected chi connectivity index (χ3v) is 5.31. The Kier molecular flexibility index (Phi) is 5.30. The molecule has 6 nitrogen and oxygen atoms in total. The van der Waals surface area contributed by atoms with Crippen LogP contribution in [0.1, 0.15) is 24.8 Å². The van der Waals surface area contributed by atoms with Gasteiger partial charge < -0.3 is 15.5 Å². The Labute approximate surface area is 145 Å². The van der Waals surface area contributed by atoms with E-state index in [1.807, 2.05) is 29.2 Å². The molecule has 1 aliphatic heterocycles. The summed E-state index contributed by atoms with van der Waals surface area (Å²) in [6.45, 7) is 4.16. The van der Waals surface area contributed by atoms with E-state index in [1.165, 1.54) is 6.92 Å². The van der Waals surface area contributed by atoms with Gasteiger partial charge in [0.2, 0.25) is 5.91 Å². The van der Waals surface area contributed by atoms with Crippen molar-refractivity contribution in [1.82, 2.24) is 20.5 Å². The molecule has 0 aliphatic carbocycles. The van der Waals surface area contributed by atoms with Crippen molar-refractivity contribution in [2.24, 2.45) is 5.92 Å². The van der Waals surface area contributed by atoms with Crippen LogP contribution in [-0.2, 0) is 11.3 Å². The van der Waals surface area contributed by atoms with Gasteiger partial charge in [-0.05, 0) is 30.9 Å². The van der Waals surface area contributed by atoms with Gasteiger partial charge in [-0.15, -0.1) is 11.3 Å². The SMILES string of the molecule is CC(=O)NCC1CCN(C(=O)NCc2nc3ccccc3s2)CC1. The minimum Gasteiger partial charge on any atom is -0.356 e. The van der Waals surface area contributed by atoms with Crippen molar-refractivity contribution in [2.45, 2.75) is 26.3 Å². The average Bonchev–Trinajstić information content (AvgIpc) is 3.01. The number of likely N-dealkylation sites (tertiary alicyclic amines) is 1. The number of urea groups is 1. The highest BCUT2D eigenvalue weighted by Gasteiger charge is 2.22. The number of piperidine rings is 1. The van der Waals surface area contributed by atoms with Crippen molar-refractivity contribution in [2.75, 3.05) is 19.6 Å². The van der Waals surface area contributed by atoms with Crippen LogP contribution < -0.4 is 10.6 Å². The average molecular weight is 346 g/mol. The molecule has 0 unspecified atom stereocenters. The minimum atomic E-state index is -0.0350. The molecule has 0 radical (unpaired) electrons. The van der Waals surface area contributed by atoms with Gasteiger partial charge in [-0.3, -0.25) is 4.79 Å². The van der Waals surface area contributed by atoms with Crippen molar-refractivity contribution < 1.29 is 9.59 Å². The first kappa shape index (κ1) is 16.7. The Morgan fingerprint density at radius 2 is 2.00 bits per heavy atom. The van der Waals surface area contributed by atoms with Gasteiger partial charge >= 0.3 is 6.03 Å². The molecule has 2 aromatic rings. The number of fused-ring (bicyclic) bond motifs is 1. The molecule has 1 saturated heterocycles. The summed E-state index contributed by atoms with van der Waals surface area (Å²) in [5.41, 5.74) is 0.977. The van der Waals surface area contributed by atoms with Crippen LogP contribution in [0.5, 0.6) is 0 Å². The van der Waals surface area contributed by atoms with Crippen LogP contribution in [-0.4, -0.2) is 41.5 Å². The van der Waals surface area contributed by atoms with Gasteiger partial charge in [-0.1, -0.05) is 12.1 Å². The number of thiazole rings is 1. The second-order valence-electron chi connectivity index (χ2n) is 6.10. The van der Waals surface area contributed by atoms with Crippen LogP contribution >= 0.6 is 11.3 Å². The fraction of sp³-hybridized carbons (Fsp3) is 0.471. The fourth-order valence-electron chi connectivity index (χ4n) is 2.89. The zero-order valence-electron chi connectivity index (χ0n) is 13.7. The van der Waals surface area contributed by atoms with E-state index >= 15 is 0 Å². The molecular formula is C17H22N4O2S. The lowest BCUT2D eigenvalue weighted by atomic mass is 9.97. The normalized spacial score (nSPS) is 15.5. The molecule has 1 fully saturated rings. The van der Waals surface area contributed by atoms with Crippen molar-refractivity contribution in [3.05, 3.63) is 29.3 Å². The largest absolute Gasteiger partial charge is 0.356 e. The number of carbonyl (C=O) groups excluding carboxylic acids is 2. The molecule has 0 atom stereocenters. The number of carbonyl (C=O) groups is 2. The van der Waals surface area contributed by atoms with E-state index in [4.69, 9.17) is 0 Å². The highest BCUT2D eigenvalue weighted by Crippen LogP contribution is 2.21. The van der Waals surface area contributed by atoms with Crippen LogP contribution in [0, 0.1) is 5.92 Å².